The Balaban J connectivity index is 1.95. The number of anilines is 1. The molecule has 1 saturated heterocycles. The second kappa shape index (κ2) is 5.58. The molecule has 0 saturated carbocycles. The number of nitrogens with zero attached hydrogens (tertiary/aromatic N) is 3. The van der Waals surface area contributed by atoms with Crippen LogP contribution in [0.15, 0.2) is 48.7 Å². The molecule has 0 atom stereocenters. The summed E-state index contributed by atoms with van der Waals surface area (Å²) in [6.07, 6.45) is 4.28. The number of rotatable bonds is 2. The fourth-order valence-corrected chi connectivity index (χ4v) is 3.22. The van der Waals surface area contributed by atoms with Gasteiger partial charge in [-0.05, 0) is 49.2 Å². The van der Waals surface area contributed by atoms with Gasteiger partial charge in [-0.3, -0.25) is 4.98 Å². The van der Waals surface area contributed by atoms with Crippen molar-refractivity contribution in [2.45, 2.75) is 12.8 Å². The summed E-state index contributed by atoms with van der Waals surface area (Å²) in [6, 6.07) is 14.0. The topological polar surface area (TPSA) is 29.0 Å². The largest absolute Gasteiger partial charge is 0.371 e. The van der Waals surface area contributed by atoms with Crippen molar-refractivity contribution >= 4 is 28.2 Å². The van der Waals surface area contributed by atoms with E-state index in [9.17, 15) is 0 Å². The first-order valence-electron chi connectivity index (χ1n) is 7.58. The molecule has 4 heteroatoms. The zero-order chi connectivity index (χ0) is 14.9. The van der Waals surface area contributed by atoms with Crippen molar-refractivity contribution in [3.63, 3.8) is 0 Å². The Hall–Kier alpha value is -2.13. The van der Waals surface area contributed by atoms with Crippen molar-refractivity contribution in [3.8, 4) is 11.4 Å². The molecule has 0 amide bonds. The maximum atomic E-state index is 6.20. The highest BCUT2D eigenvalue weighted by Gasteiger charge is 2.17. The summed E-state index contributed by atoms with van der Waals surface area (Å²) < 4.78 is 0. The van der Waals surface area contributed by atoms with Gasteiger partial charge >= 0.3 is 0 Å². The fraction of sp³-hybridized carbons (Fsp3) is 0.222. The Morgan fingerprint density at radius 3 is 2.59 bits per heavy atom. The van der Waals surface area contributed by atoms with Crippen LogP contribution >= 0.6 is 11.6 Å². The smallest absolute Gasteiger partial charge is 0.0914 e. The number of aromatic nitrogens is 2. The zero-order valence-corrected chi connectivity index (χ0v) is 12.9. The molecule has 1 aliphatic heterocycles. The van der Waals surface area contributed by atoms with Gasteiger partial charge in [0.1, 0.15) is 0 Å². The van der Waals surface area contributed by atoms with E-state index in [2.05, 4.69) is 16.0 Å². The van der Waals surface area contributed by atoms with Crippen LogP contribution < -0.4 is 4.90 Å². The van der Waals surface area contributed by atoms with Crippen molar-refractivity contribution in [1.82, 2.24) is 9.97 Å². The molecule has 22 heavy (non-hydrogen) atoms. The average Bonchev–Trinajstić information content (AvgIpc) is 3.09. The number of halogens is 1. The van der Waals surface area contributed by atoms with Gasteiger partial charge in [0.25, 0.3) is 0 Å². The summed E-state index contributed by atoms with van der Waals surface area (Å²) >= 11 is 6.20. The predicted molar refractivity (Wildman–Crippen MR) is 91.4 cm³/mol. The van der Waals surface area contributed by atoms with Gasteiger partial charge < -0.3 is 4.90 Å². The third-order valence-electron chi connectivity index (χ3n) is 4.12. The molecule has 1 aliphatic rings. The maximum Gasteiger partial charge on any atom is 0.0914 e. The Bertz CT molecular complexity index is 811. The van der Waals surface area contributed by atoms with Crippen LogP contribution in [0.25, 0.3) is 22.3 Å². The van der Waals surface area contributed by atoms with E-state index in [1.165, 1.54) is 18.5 Å². The zero-order valence-electron chi connectivity index (χ0n) is 12.2. The summed E-state index contributed by atoms with van der Waals surface area (Å²) in [5.41, 5.74) is 4.00. The number of fused-ring (bicyclic) bond motifs is 1. The lowest BCUT2D eigenvalue weighted by Crippen LogP contribution is -2.18. The van der Waals surface area contributed by atoms with Crippen molar-refractivity contribution in [1.29, 1.82) is 0 Å². The van der Waals surface area contributed by atoms with Crippen molar-refractivity contribution in [3.05, 3.63) is 53.7 Å². The van der Waals surface area contributed by atoms with Crippen molar-refractivity contribution in [2.75, 3.05) is 18.0 Å². The molecule has 0 spiro atoms. The maximum absolute atomic E-state index is 6.20. The minimum absolute atomic E-state index is 0.750. The first kappa shape index (κ1) is 13.5. The van der Waals surface area contributed by atoms with Gasteiger partial charge in [0.15, 0.2) is 0 Å². The molecule has 2 aromatic heterocycles. The normalized spacial score (nSPS) is 14.7. The quantitative estimate of drug-likeness (QED) is 0.695. The highest BCUT2D eigenvalue weighted by molar-refractivity contribution is 6.31. The van der Waals surface area contributed by atoms with Crippen LogP contribution in [0, 0.1) is 0 Å². The monoisotopic (exact) mass is 309 g/mol. The molecule has 110 valence electrons. The minimum Gasteiger partial charge on any atom is -0.371 e. The van der Waals surface area contributed by atoms with Crippen LogP contribution in [0.4, 0.5) is 5.69 Å². The third-order valence-corrected chi connectivity index (χ3v) is 4.36. The van der Waals surface area contributed by atoms with Gasteiger partial charge in [0, 0.05) is 35.4 Å². The van der Waals surface area contributed by atoms with E-state index < -0.39 is 0 Å². The van der Waals surface area contributed by atoms with Gasteiger partial charge in [-0.1, -0.05) is 17.7 Å². The molecule has 0 unspecified atom stereocenters. The van der Waals surface area contributed by atoms with Crippen LogP contribution in [0.5, 0.6) is 0 Å². The molecular weight excluding hydrogens is 294 g/mol. The molecule has 0 radical (unpaired) electrons. The lowest BCUT2D eigenvalue weighted by molar-refractivity contribution is 0.949. The van der Waals surface area contributed by atoms with E-state index in [0.717, 1.165) is 40.4 Å². The number of benzene rings is 1. The van der Waals surface area contributed by atoms with Crippen LogP contribution in [0.3, 0.4) is 0 Å². The number of hydrogen-bond acceptors (Lipinski definition) is 3. The first-order valence-corrected chi connectivity index (χ1v) is 7.96. The lowest BCUT2D eigenvalue weighted by Gasteiger charge is -2.20. The molecule has 0 aliphatic carbocycles. The lowest BCUT2D eigenvalue weighted by atomic mass is 10.1. The molecule has 1 fully saturated rings. The van der Waals surface area contributed by atoms with Crippen LogP contribution in [0.1, 0.15) is 12.8 Å². The summed E-state index contributed by atoms with van der Waals surface area (Å²) in [5.74, 6) is 0. The molecular formula is C18H16ClN3. The summed E-state index contributed by atoms with van der Waals surface area (Å²) in [4.78, 5) is 11.6. The number of hydrogen-bond donors (Lipinski definition) is 0. The van der Waals surface area contributed by atoms with E-state index in [1.54, 1.807) is 6.20 Å². The Morgan fingerprint density at radius 2 is 1.82 bits per heavy atom. The summed E-state index contributed by atoms with van der Waals surface area (Å²) in [5, 5.41) is 1.87. The minimum atomic E-state index is 0.750. The Kier molecular flexibility index (Phi) is 3.43. The van der Waals surface area contributed by atoms with Gasteiger partial charge in [0.2, 0.25) is 0 Å². The second-order valence-corrected chi connectivity index (χ2v) is 6.03. The SMILES string of the molecule is Clc1ccc2nc(-c3ccccn3)cc(N3CCCC3)c2c1. The third kappa shape index (κ3) is 2.42. The van der Waals surface area contributed by atoms with E-state index >= 15 is 0 Å². The molecule has 3 nitrogen and oxygen atoms in total. The Morgan fingerprint density at radius 1 is 0.955 bits per heavy atom. The van der Waals surface area contributed by atoms with E-state index in [-0.39, 0.29) is 0 Å². The van der Waals surface area contributed by atoms with Crippen molar-refractivity contribution < 1.29 is 0 Å². The van der Waals surface area contributed by atoms with Crippen LogP contribution in [-0.4, -0.2) is 23.1 Å². The average molecular weight is 310 g/mol. The highest BCUT2D eigenvalue weighted by atomic mass is 35.5. The van der Waals surface area contributed by atoms with Crippen LogP contribution in [-0.2, 0) is 0 Å². The molecule has 3 aromatic rings. The standard InChI is InChI=1S/C18H16ClN3/c19-13-6-7-15-14(11-13)18(22-9-3-4-10-22)12-17(21-15)16-5-1-2-8-20-16/h1-2,5-8,11-12H,3-4,9-10H2. The molecule has 4 rings (SSSR count). The van der Waals surface area contributed by atoms with E-state index in [0.29, 0.717) is 0 Å². The van der Waals surface area contributed by atoms with Crippen molar-refractivity contribution in [2.24, 2.45) is 0 Å². The number of pyridine rings is 2. The van der Waals surface area contributed by atoms with E-state index in [4.69, 9.17) is 16.6 Å². The summed E-state index contributed by atoms with van der Waals surface area (Å²) in [7, 11) is 0. The van der Waals surface area contributed by atoms with Gasteiger partial charge in [-0.25, -0.2) is 4.98 Å². The van der Waals surface area contributed by atoms with Crippen LogP contribution in [0.2, 0.25) is 5.02 Å². The van der Waals surface area contributed by atoms with Gasteiger partial charge in [0.05, 0.1) is 16.9 Å². The Labute approximate surface area is 134 Å². The fourth-order valence-electron chi connectivity index (χ4n) is 3.05. The van der Waals surface area contributed by atoms with Gasteiger partial charge in [-0.2, -0.15) is 0 Å². The highest BCUT2D eigenvalue weighted by Crippen LogP contribution is 2.33. The van der Waals surface area contributed by atoms with E-state index in [1.807, 2.05) is 36.4 Å². The molecule has 3 heterocycles. The summed E-state index contributed by atoms with van der Waals surface area (Å²) in [6.45, 7) is 2.18. The van der Waals surface area contributed by atoms with Gasteiger partial charge in [-0.15, -0.1) is 0 Å². The predicted octanol–water partition coefficient (Wildman–Crippen LogP) is 4.55. The molecule has 0 N–H and O–H groups in total. The second-order valence-electron chi connectivity index (χ2n) is 5.60. The first-order chi connectivity index (χ1) is 10.8. The molecule has 1 aromatic carbocycles. The molecule has 0 bridgehead atoms.